The number of benzene rings is 1. The van der Waals surface area contributed by atoms with Crippen molar-refractivity contribution < 1.29 is 9.59 Å². The monoisotopic (exact) mass is 321 g/mol. The molecule has 0 saturated carbocycles. The maximum absolute atomic E-state index is 12.1. The lowest BCUT2D eigenvalue weighted by Crippen LogP contribution is -2.51. The van der Waals surface area contributed by atoms with Crippen molar-refractivity contribution in [3.05, 3.63) is 29.8 Å². The van der Waals surface area contributed by atoms with Crippen molar-refractivity contribution in [1.82, 2.24) is 10.2 Å². The lowest BCUT2D eigenvalue weighted by Gasteiger charge is -2.31. The van der Waals surface area contributed by atoms with Gasteiger partial charge in [-0.2, -0.15) is 0 Å². The van der Waals surface area contributed by atoms with E-state index in [1.165, 1.54) is 11.8 Å². The van der Waals surface area contributed by atoms with Crippen molar-refractivity contribution >= 4 is 29.3 Å². The van der Waals surface area contributed by atoms with Crippen molar-refractivity contribution in [1.29, 1.82) is 0 Å². The van der Waals surface area contributed by atoms with Gasteiger partial charge in [0.25, 0.3) is 0 Å². The van der Waals surface area contributed by atoms with Gasteiger partial charge in [-0.25, -0.2) is 0 Å². The molecule has 2 rings (SSSR count). The van der Waals surface area contributed by atoms with Crippen LogP contribution in [-0.2, 0) is 9.59 Å². The molecular formula is C16H23N3O2S. The number of rotatable bonds is 5. The molecule has 0 spiro atoms. The molecule has 0 aliphatic carbocycles. The molecule has 22 heavy (non-hydrogen) atoms. The third-order valence-corrected chi connectivity index (χ3v) is 4.40. The van der Waals surface area contributed by atoms with Gasteiger partial charge in [0, 0.05) is 31.4 Å². The molecular weight excluding hydrogens is 298 g/mol. The highest BCUT2D eigenvalue weighted by Crippen LogP contribution is 2.11. The number of aryl methyl sites for hydroxylation is 1. The fraction of sp³-hybridized carbons (Fsp3) is 0.500. The first-order valence-electron chi connectivity index (χ1n) is 7.50. The minimum absolute atomic E-state index is 0.0721. The fourth-order valence-corrected chi connectivity index (χ4v) is 3.12. The second kappa shape index (κ2) is 8.19. The van der Waals surface area contributed by atoms with E-state index in [-0.39, 0.29) is 11.8 Å². The quantitative estimate of drug-likeness (QED) is 0.862. The summed E-state index contributed by atoms with van der Waals surface area (Å²) in [5.41, 5.74) is 1.90. The second-order valence-electron chi connectivity index (χ2n) is 5.61. The van der Waals surface area contributed by atoms with Gasteiger partial charge in [-0.15, -0.1) is 11.8 Å². The number of thioether (sulfide) groups is 1. The Labute approximate surface area is 135 Å². The number of amides is 2. The number of carbonyl (C=O) groups is 2. The molecule has 0 unspecified atom stereocenters. The Morgan fingerprint density at radius 1 is 1.41 bits per heavy atom. The molecule has 1 aliphatic heterocycles. The van der Waals surface area contributed by atoms with E-state index in [2.05, 4.69) is 17.6 Å². The summed E-state index contributed by atoms with van der Waals surface area (Å²) in [4.78, 5) is 25.8. The SMILES string of the molecule is Cc1cccc(NC(=O)CSCC(=O)N2CCN[C@H](C)C2)c1. The van der Waals surface area contributed by atoms with Gasteiger partial charge in [0.1, 0.15) is 0 Å². The molecule has 2 amide bonds. The van der Waals surface area contributed by atoms with Gasteiger partial charge in [-0.1, -0.05) is 12.1 Å². The van der Waals surface area contributed by atoms with Crippen molar-refractivity contribution in [2.75, 3.05) is 36.5 Å². The van der Waals surface area contributed by atoms with Crippen LogP contribution in [-0.4, -0.2) is 53.9 Å². The van der Waals surface area contributed by atoms with E-state index >= 15 is 0 Å². The normalized spacial score (nSPS) is 18.1. The summed E-state index contributed by atoms with van der Waals surface area (Å²) in [5, 5.41) is 6.16. The van der Waals surface area contributed by atoms with Crippen LogP contribution >= 0.6 is 11.8 Å². The molecule has 1 fully saturated rings. The molecule has 1 aromatic carbocycles. The number of anilines is 1. The first-order valence-corrected chi connectivity index (χ1v) is 8.65. The van der Waals surface area contributed by atoms with Crippen LogP contribution in [0.1, 0.15) is 12.5 Å². The van der Waals surface area contributed by atoms with E-state index in [0.717, 1.165) is 30.9 Å². The lowest BCUT2D eigenvalue weighted by molar-refractivity contribution is -0.129. The number of nitrogens with one attached hydrogen (secondary N) is 2. The third kappa shape index (κ3) is 5.35. The van der Waals surface area contributed by atoms with E-state index in [0.29, 0.717) is 17.5 Å². The smallest absolute Gasteiger partial charge is 0.234 e. The van der Waals surface area contributed by atoms with Crippen molar-refractivity contribution in [3.8, 4) is 0 Å². The van der Waals surface area contributed by atoms with E-state index in [1.807, 2.05) is 36.1 Å². The summed E-state index contributed by atoms with van der Waals surface area (Å²) in [7, 11) is 0. The van der Waals surface area contributed by atoms with Gasteiger partial charge in [0.2, 0.25) is 11.8 Å². The van der Waals surface area contributed by atoms with Gasteiger partial charge in [0.05, 0.1) is 11.5 Å². The van der Waals surface area contributed by atoms with Crippen molar-refractivity contribution in [2.24, 2.45) is 0 Å². The van der Waals surface area contributed by atoms with Gasteiger partial charge >= 0.3 is 0 Å². The Kier molecular flexibility index (Phi) is 6.27. The largest absolute Gasteiger partial charge is 0.339 e. The maximum Gasteiger partial charge on any atom is 0.234 e. The minimum Gasteiger partial charge on any atom is -0.339 e. The summed E-state index contributed by atoms with van der Waals surface area (Å²) in [5.74, 6) is 0.689. The van der Waals surface area contributed by atoms with Crippen LogP contribution in [0.15, 0.2) is 24.3 Å². The van der Waals surface area contributed by atoms with Gasteiger partial charge in [0.15, 0.2) is 0 Å². The van der Waals surface area contributed by atoms with Crippen LogP contribution in [0.25, 0.3) is 0 Å². The van der Waals surface area contributed by atoms with Crippen LogP contribution in [0.2, 0.25) is 0 Å². The van der Waals surface area contributed by atoms with Crippen LogP contribution in [0, 0.1) is 6.92 Å². The Hall–Kier alpha value is -1.53. The standard InChI is InChI=1S/C16H23N3O2S/c1-12-4-3-5-14(8-12)18-15(20)10-22-11-16(21)19-7-6-17-13(2)9-19/h3-5,8,13,17H,6-7,9-11H2,1-2H3,(H,18,20)/t13-/m1/s1. The second-order valence-corrected chi connectivity index (χ2v) is 6.59. The number of hydrogen-bond acceptors (Lipinski definition) is 4. The summed E-state index contributed by atoms with van der Waals surface area (Å²) >= 11 is 1.36. The topological polar surface area (TPSA) is 61.4 Å². The van der Waals surface area contributed by atoms with Crippen molar-refractivity contribution in [3.63, 3.8) is 0 Å². The first-order chi connectivity index (χ1) is 10.5. The maximum atomic E-state index is 12.1. The van der Waals surface area contributed by atoms with E-state index < -0.39 is 0 Å². The third-order valence-electron chi connectivity index (χ3n) is 3.48. The Morgan fingerprint density at radius 2 is 2.23 bits per heavy atom. The minimum atomic E-state index is -0.0721. The zero-order valence-electron chi connectivity index (χ0n) is 13.1. The number of nitrogens with zero attached hydrogens (tertiary/aromatic N) is 1. The fourth-order valence-electron chi connectivity index (χ4n) is 2.40. The van der Waals surface area contributed by atoms with E-state index in [4.69, 9.17) is 0 Å². The molecule has 0 aromatic heterocycles. The van der Waals surface area contributed by atoms with Crippen LogP contribution in [0.4, 0.5) is 5.69 Å². The van der Waals surface area contributed by atoms with Gasteiger partial charge in [-0.3, -0.25) is 9.59 Å². The van der Waals surface area contributed by atoms with Crippen LogP contribution in [0.5, 0.6) is 0 Å². The highest BCUT2D eigenvalue weighted by molar-refractivity contribution is 8.00. The predicted octanol–water partition coefficient (Wildman–Crippen LogP) is 1.49. The zero-order chi connectivity index (χ0) is 15.9. The zero-order valence-corrected chi connectivity index (χ0v) is 13.9. The molecule has 0 bridgehead atoms. The molecule has 2 N–H and O–H groups in total. The average Bonchev–Trinajstić information content (AvgIpc) is 2.47. The summed E-state index contributed by atoms with van der Waals surface area (Å²) in [6.45, 7) is 6.39. The van der Waals surface area contributed by atoms with Gasteiger partial charge < -0.3 is 15.5 Å². The van der Waals surface area contributed by atoms with Gasteiger partial charge in [-0.05, 0) is 31.5 Å². The molecule has 1 aliphatic rings. The summed E-state index contributed by atoms with van der Waals surface area (Å²) in [6.07, 6.45) is 0. The predicted molar refractivity (Wildman–Crippen MR) is 91.2 cm³/mol. The molecule has 1 heterocycles. The highest BCUT2D eigenvalue weighted by atomic mass is 32.2. The molecule has 120 valence electrons. The Balaban J connectivity index is 1.69. The van der Waals surface area contributed by atoms with Crippen molar-refractivity contribution in [2.45, 2.75) is 19.9 Å². The first kappa shape index (κ1) is 16.8. The summed E-state index contributed by atoms with van der Waals surface area (Å²) < 4.78 is 0. The lowest BCUT2D eigenvalue weighted by atomic mass is 10.2. The molecule has 0 radical (unpaired) electrons. The number of piperazine rings is 1. The molecule has 6 heteroatoms. The summed E-state index contributed by atoms with van der Waals surface area (Å²) in [6, 6.07) is 8.02. The number of carbonyl (C=O) groups excluding carboxylic acids is 2. The Morgan fingerprint density at radius 3 is 2.95 bits per heavy atom. The molecule has 1 aromatic rings. The number of hydrogen-bond donors (Lipinski definition) is 2. The molecule has 1 atom stereocenters. The average molecular weight is 321 g/mol. The Bertz CT molecular complexity index is 536. The molecule has 5 nitrogen and oxygen atoms in total. The van der Waals surface area contributed by atoms with Crippen LogP contribution in [0.3, 0.4) is 0 Å². The highest BCUT2D eigenvalue weighted by Gasteiger charge is 2.20. The van der Waals surface area contributed by atoms with E-state index in [9.17, 15) is 9.59 Å². The van der Waals surface area contributed by atoms with E-state index in [1.54, 1.807) is 0 Å². The molecule has 1 saturated heterocycles. The van der Waals surface area contributed by atoms with Crippen LogP contribution < -0.4 is 10.6 Å².